The molecule has 0 saturated carbocycles. The zero-order valence-electron chi connectivity index (χ0n) is 66.1. The van der Waals surface area contributed by atoms with Crippen LogP contribution in [0.2, 0.25) is 0 Å². The molecule has 4 aliphatic carbocycles. The van der Waals surface area contributed by atoms with Crippen LogP contribution >= 0.6 is 124 Å². The molecule has 0 amide bonds. The molecule has 0 N–H and O–H groups in total. The van der Waals surface area contributed by atoms with Gasteiger partial charge < -0.3 is 28.1 Å². The number of fused-ring (bicyclic) bond motifs is 28. The highest BCUT2D eigenvalue weighted by atomic mass is 79.9. The Balaban J connectivity index is 0.000000132. The van der Waals surface area contributed by atoms with Gasteiger partial charge in [0.05, 0.1) is 91.1 Å². The van der Waals surface area contributed by atoms with Crippen molar-refractivity contribution in [1.82, 2.24) is 35.0 Å². The van der Waals surface area contributed by atoms with Crippen molar-refractivity contribution in [2.75, 3.05) is 14.2 Å². The molecule has 0 spiro atoms. The van der Waals surface area contributed by atoms with Crippen LogP contribution in [-0.4, -0.2) is 85.8 Å². The molecule has 0 atom stereocenters. The van der Waals surface area contributed by atoms with Gasteiger partial charge in [0.2, 0.25) is 0 Å². The monoisotopic (exact) mass is 1820 g/mol. The van der Waals surface area contributed by atoms with Gasteiger partial charge in [-0.1, -0.05) is 97.2 Å². The first-order valence-electron chi connectivity index (χ1n) is 37.5. The quantitative estimate of drug-likeness (QED) is 0.150. The zero-order chi connectivity index (χ0) is 78.6. The van der Waals surface area contributed by atoms with Crippen LogP contribution in [0.25, 0.3) is 139 Å². The lowest BCUT2D eigenvalue weighted by atomic mass is 9.74. The number of ether oxygens (including phenoxy) is 2. The topological polar surface area (TPSA) is 158 Å². The Hall–Kier alpha value is -6.59. The van der Waals surface area contributed by atoms with Crippen molar-refractivity contribution in [3.8, 4) is 63.7 Å². The Bertz CT molecular complexity index is 6770. The predicted molar refractivity (Wildman–Crippen MR) is 506 cm³/mol. The van der Waals surface area contributed by atoms with Crippen LogP contribution in [0.5, 0.6) is 11.5 Å². The van der Waals surface area contributed by atoms with E-state index in [0.29, 0.717) is 0 Å². The lowest BCUT2D eigenvalue weighted by molar-refractivity contribution is 0.00578. The third-order valence-corrected chi connectivity index (χ3v) is 33.7. The molecule has 16 aromatic rings. The smallest absolute Gasteiger partial charge is 0.496 e. The van der Waals surface area contributed by atoms with E-state index in [-0.39, 0.29) is 51.4 Å². The summed E-state index contributed by atoms with van der Waals surface area (Å²) in [6, 6.07) is 27.5. The van der Waals surface area contributed by atoms with Crippen LogP contribution in [0.15, 0.2) is 80.4 Å². The van der Waals surface area contributed by atoms with Gasteiger partial charge >= 0.3 is 14.2 Å². The molecule has 0 bridgehead atoms. The number of halogens is 2. The van der Waals surface area contributed by atoms with Crippen molar-refractivity contribution < 1.29 is 28.1 Å². The van der Waals surface area contributed by atoms with Gasteiger partial charge in [0.1, 0.15) is 55.6 Å². The Morgan fingerprint density at radius 1 is 0.319 bits per heavy atom. The largest absolute Gasteiger partial charge is 0.497 e. The van der Waals surface area contributed by atoms with Crippen molar-refractivity contribution in [3.63, 3.8) is 0 Å². The third-order valence-electron chi connectivity index (χ3n) is 26.0. The van der Waals surface area contributed by atoms with E-state index < -0.39 is 36.6 Å². The number of aryl methyl sites for hydroxylation is 4. The number of thiophene rings is 4. The van der Waals surface area contributed by atoms with Gasteiger partial charge in [-0.05, 0) is 269 Å². The van der Waals surface area contributed by atoms with E-state index in [0.717, 1.165) is 99.2 Å². The Morgan fingerprint density at radius 3 is 1.06 bits per heavy atom. The fourth-order valence-electron chi connectivity index (χ4n) is 19.0. The van der Waals surface area contributed by atoms with Gasteiger partial charge in [-0.3, -0.25) is 0 Å². The van der Waals surface area contributed by atoms with Crippen LogP contribution in [0.3, 0.4) is 0 Å². The number of rotatable bonds is 5. The van der Waals surface area contributed by atoms with Gasteiger partial charge in [0.25, 0.3) is 0 Å². The van der Waals surface area contributed by atoms with Crippen molar-refractivity contribution in [1.29, 1.82) is 0 Å². The van der Waals surface area contributed by atoms with E-state index in [2.05, 4.69) is 210 Å². The lowest BCUT2D eigenvalue weighted by Crippen LogP contribution is -2.41. The summed E-state index contributed by atoms with van der Waals surface area (Å²) in [6.07, 6.45) is 0. The SMILES string of the molecule is C.C.C.C.CC1(C)OB(c2cc3c(cc(B4OC(C)(C)C(C)(C)O4)c4nsnc43)c3nsnc23)OC1(C)C.COc1cc2c3c(c(C)cc2c2c1-c1sc(-c4cc5c(cc(C)c6nsnc65)c5nsnc45)cc1C2(C)C)-c1sc(C)cc1C3(C)C.COc1cc2c3c(c(C)cc2c2c1-c1sc(Br)cc1C2(C)C)-c1sc(Br)cc1C3(C)C. The summed E-state index contributed by atoms with van der Waals surface area (Å²) in [7, 11) is 2.53. The molecule has 26 heteroatoms. The highest BCUT2D eigenvalue weighted by molar-refractivity contribution is 9.11. The zero-order valence-corrected chi connectivity index (χ0v) is 75.8. The van der Waals surface area contributed by atoms with Crippen LogP contribution in [0, 0.1) is 27.7 Å². The molecule has 6 aliphatic rings. The van der Waals surface area contributed by atoms with E-state index in [4.69, 9.17) is 41.2 Å². The molecule has 10 heterocycles. The van der Waals surface area contributed by atoms with Crippen LogP contribution < -0.4 is 20.4 Å². The Kier molecular flexibility index (Phi) is 19.7. The molecule has 8 aromatic heterocycles. The minimum Gasteiger partial charge on any atom is -0.496 e. The average Bonchev–Trinajstić information content (AvgIpc) is 1.62. The molecule has 14 nitrogen and oxygen atoms in total. The van der Waals surface area contributed by atoms with Gasteiger partial charge in [0.15, 0.2) is 0 Å². The number of hydrogen-bond donors (Lipinski definition) is 0. The van der Waals surface area contributed by atoms with Crippen molar-refractivity contribution >= 4 is 237 Å². The number of benzene rings is 8. The molecular weight excluding hydrogens is 1730 g/mol. The molecule has 8 aromatic carbocycles. The number of hydrogen-bond acceptors (Lipinski definition) is 22. The van der Waals surface area contributed by atoms with Crippen molar-refractivity contribution in [3.05, 3.63) is 146 Å². The molecule has 0 unspecified atom stereocenters. The normalized spacial score (nSPS) is 17.6. The second-order valence-corrected chi connectivity index (χ2v) is 44.3. The van der Waals surface area contributed by atoms with Gasteiger partial charge in [-0.2, -0.15) is 35.0 Å². The first kappa shape index (κ1) is 83.1. The first-order valence-corrected chi connectivity index (χ1v) is 45.3. The fraction of sp³-hybridized carbons (Fsp3) is 0.378. The van der Waals surface area contributed by atoms with Crippen molar-refractivity contribution in [2.45, 2.75) is 212 Å². The molecule has 22 rings (SSSR count). The highest BCUT2D eigenvalue weighted by Crippen LogP contribution is 2.66. The molecule has 2 aliphatic heterocycles. The summed E-state index contributed by atoms with van der Waals surface area (Å²) in [4.78, 5) is 8.04. The Labute approximate surface area is 729 Å². The summed E-state index contributed by atoms with van der Waals surface area (Å²) < 4.78 is 77.7. The van der Waals surface area contributed by atoms with E-state index in [1.165, 1.54) is 183 Å². The maximum Gasteiger partial charge on any atom is 0.497 e. The maximum atomic E-state index is 6.36. The third kappa shape index (κ3) is 11.3. The summed E-state index contributed by atoms with van der Waals surface area (Å²) in [5.41, 5.74) is 27.9. The molecule has 598 valence electrons. The van der Waals surface area contributed by atoms with Gasteiger partial charge in [0, 0.05) is 100 Å². The average molecular weight is 1820 g/mol. The summed E-state index contributed by atoms with van der Waals surface area (Å²) in [6.45, 7) is 44.3. The second kappa shape index (κ2) is 27.5. The van der Waals surface area contributed by atoms with Crippen LogP contribution in [0.4, 0.5) is 0 Å². The minimum atomic E-state index is -0.551. The first-order chi connectivity index (χ1) is 52.9. The maximum absolute atomic E-state index is 6.36. The molecular formula is C90H94B2Br2N8O6S8. The van der Waals surface area contributed by atoms with E-state index in [1.54, 1.807) is 0 Å². The lowest BCUT2D eigenvalue weighted by Gasteiger charge is -2.32. The van der Waals surface area contributed by atoms with Crippen LogP contribution in [0.1, 0.15) is 207 Å². The standard InChI is InChI=1S/C38H30N4OS4.C26H22Br2OS2.C22H26B2N4O4S2.4CH4/c1-15-9-18-19(29-27(15)35-23(37(29,4)5)11-17(3)44-35)13-25(43-8)28-30(18)38(6,7)24-14-26(45-36(24)28)22-12-21-20(33-34(22)42-47-41-33)10-16(2)31-32(21)40-46-39-31;1-11-7-12-13(21-19(11)23-14(25(21,2)3)9-17(27)30-23)8-16(29-6)20-22(12)26(4,5)15-10-18(28)31-24(15)20;1-19(2)20(3,4)30-23(29-19)13-9-11-12(15-17(13)27-33-25-15)10-14(18-16(11)26-34-28-18)24-31-21(5,6)22(7,8)32-24;;;;/h9-14H,1-8H3;7-10H,1-6H3;9-10H,1-8H3;4*1H4. The summed E-state index contributed by atoms with van der Waals surface area (Å²) in [5.74, 6) is 1.94. The molecule has 116 heavy (non-hydrogen) atoms. The predicted octanol–water partition coefficient (Wildman–Crippen LogP) is 26.7. The van der Waals surface area contributed by atoms with E-state index >= 15 is 0 Å². The van der Waals surface area contributed by atoms with E-state index in [1.807, 2.05) is 115 Å². The number of nitrogens with zero attached hydrogens (tertiary/aromatic N) is 8. The van der Waals surface area contributed by atoms with Crippen LogP contribution in [-0.2, 0) is 40.3 Å². The van der Waals surface area contributed by atoms with Gasteiger partial charge in [-0.15, -0.1) is 45.3 Å². The van der Waals surface area contributed by atoms with Crippen molar-refractivity contribution in [2.24, 2.45) is 0 Å². The number of methoxy groups -OCH3 is 2. The molecule has 0 radical (unpaired) electrons. The summed E-state index contributed by atoms with van der Waals surface area (Å²) >= 11 is 19.8. The second-order valence-electron chi connectivity index (χ2n) is 35.0. The highest BCUT2D eigenvalue weighted by Gasteiger charge is 2.55. The van der Waals surface area contributed by atoms with Gasteiger partial charge in [-0.25, -0.2) is 0 Å². The fourth-order valence-corrected chi connectivity index (χ4v) is 27.7. The molecule has 2 saturated heterocycles. The minimum absolute atomic E-state index is 0. The Morgan fingerprint density at radius 2 is 0.629 bits per heavy atom. The molecule has 2 fully saturated rings. The summed E-state index contributed by atoms with van der Waals surface area (Å²) in [5, 5.41) is 9.43. The van der Waals surface area contributed by atoms with E-state index in [9.17, 15) is 0 Å². The number of aromatic nitrogens is 8.